The van der Waals surface area contributed by atoms with E-state index >= 15 is 0 Å². The summed E-state index contributed by atoms with van der Waals surface area (Å²) >= 11 is 0. The largest absolute Gasteiger partial charge is 0.416 e. The predicted molar refractivity (Wildman–Crippen MR) is 104 cm³/mol. The quantitative estimate of drug-likeness (QED) is 0.492. The molecule has 29 heavy (non-hydrogen) atoms. The number of carbonyl (C=O) groups excluding carboxylic acids is 1. The Morgan fingerprint density at radius 2 is 1.45 bits per heavy atom. The highest BCUT2D eigenvalue weighted by Crippen LogP contribution is 2.25. The van der Waals surface area contributed by atoms with Crippen LogP contribution in [0.2, 0.25) is 0 Å². The maximum Gasteiger partial charge on any atom is 0.323 e. The Hall–Kier alpha value is -4.07. The number of urea groups is 1. The number of nitrogens with zero attached hydrogens (tertiary/aromatic N) is 2. The number of amides is 2. The number of hydrogen-bond acceptors (Lipinski definition) is 4. The molecule has 2 amide bonds. The number of halogens is 2. The maximum absolute atomic E-state index is 13.6. The zero-order valence-corrected chi connectivity index (χ0v) is 14.9. The molecule has 144 valence electrons. The van der Waals surface area contributed by atoms with Crippen molar-refractivity contribution in [1.29, 1.82) is 0 Å². The van der Waals surface area contributed by atoms with E-state index in [0.717, 1.165) is 23.8 Å². The molecule has 1 aromatic heterocycles. The Morgan fingerprint density at radius 3 is 2.14 bits per heavy atom. The van der Waals surface area contributed by atoms with Crippen LogP contribution in [0.4, 0.5) is 25.0 Å². The Morgan fingerprint density at radius 1 is 0.793 bits per heavy atom. The van der Waals surface area contributed by atoms with Crippen molar-refractivity contribution in [2.45, 2.75) is 0 Å². The molecule has 6 nitrogen and oxygen atoms in total. The summed E-state index contributed by atoms with van der Waals surface area (Å²) in [5, 5.41) is 12.9. The summed E-state index contributed by atoms with van der Waals surface area (Å²) in [5.74, 6) is -0.649. The van der Waals surface area contributed by atoms with Crippen LogP contribution >= 0.6 is 0 Å². The molecule has 0 aliphatic rings. The predicted octanol–water partition coefficient (Wildman–Crippen LogP) is 5.33. The van der Waals surface area contributed by atoms with Crippen LogP contribution in [0.5, 0.6) is 0 Å². The molecule has 0 atom stereocenters. The van der Waals surface area contributed by atoms with E-state index in [2.05, 4.69) is 20.8 Å². The summed E-state index contributed by atoms with van der Waals surface area (Å²) in [5.41, 5.74) is 1.68. The van der Waals surface area contributed by atoms with Gasteiger partial charge in [-0.1, -0.05) is 18.2 Å². The number of nitrogens with one attached hydrogen (secondary N) is 2. The molecular formula is C21H14F2N4O2. The standard InChI is InChI=1S/C21H14F2N4O2/c22-15-8-11-17(23)18(12-15)25-21(28)24-16-9-6-14(7-10-16)20-27-26-19(29-20)13-4-2-1-3-5-13/h1-12H,(H2,24,25,28). The number of anilines is 2. The maximum atomic E-state index is 13.6. The highest BCUT2D eigenvalue weighted by Gasteiger charge is 2.11. The second kappa shape index (κ2) is 7.89. The van der Waals surface area contributed by atoms with Gasteiger partial charge >= 0.3 is 6.03 Å². The van der Waals surface area contributed by atoms with Gasteiger partial charge < -0.3 is 15.1 Å². The third-order valence-electron chi connectivity index (χ3n) is 4.01. The average Bonchev–Trinajstić information content (AvgIpc) is 3.22. The summed E-state index contributed by atoms with van der Waals surface area (Å²) < 4.78 is 32.5. The van der Waals surface area contributed by atoms with Crippen molar-refractivity contribution in [1.82, 2.24) is 10.2 Å². The van der Waals surface area contributed by atoms with Crippen molar-refractivity contribution in [2.75, 3.05) is 10.6 Å². The van der Waals surface area contributed by atoms with Crippen LogP contribution in [0.15, 0.2) is 77.2 Å². The van der Waals surface area contributed by atoms with Crippen LogP contribution in [-0.2, 0) is 0 Å². The molecule has 0 radical (unpaired) electrons. The van der Waals surface area contributed by atoms with Crippen LogP contribution in [-0.4, -0.2) is 16.2 Å². The van der Waals surface area contributed by atoms with Crippen LogP contribution in [0.25, 0.3) is 22.9 Å². The number of aromatic nitrogens is 2. The fourth-order valence-corrected chi connectivity index (χ4v) is 2.61. The average molecular weight is 392 g/mol. The lowest BCUT2D eigenvalue weighted by atomic mass is 10.2. The first-order valence-electron chi connectivity index (χ1n) is 8.61. The van der Waals surface area contributed by atoms with Crippen LogP contribution < -0.4 is 10.6 Å². The van der Waals surface area contributed by atoms with Gasteiger partial charge in [0.25, 0.3) is 0 Å². The highest BCUT2D eigenvalue weighted by atomic mass is 19.1. The van der Waals surface area contributed by atoms with E-state index in [9.17, 15) is 13.6 Å². The van der Waals surface area contributed by atoms with E-state index in [1.165, 1.54) is 0 Å². The number of rotatable bonds is 4. The molecule has 3 aromatic carbocycles. The van der Waals surface area contributed by atoms with Gasteiger partial charge in [0, 0.05) is 22.9 Å². The van der Waals surface area contributed by atoms with Crippen molar-refractivity contribution >= 4 is 17.4 Å². The van der Waals surface area contributed by atoms with E-state index in [1.807, 2.05) is 30.3 Å². The Bertz CT molecular complexity index is 1150. The van der Waals surface area contributed by atoms with E-state index in [-0.39, 0.29) is 5.69 Å². The molecule has 0 saturated heterocycles. The van der Waals surface area contributed by atoms with Crippen molar-refractivity contribution in [3.8, 4) is 22.9 Å². The normalized spacial score (nSPS) is 10.6. The summed E-state index contributed by atoms with van der Waals surface area (Å²) in [6.45, 7) is 0. The second-order valence-electron chi connectivity index (χ2n) is 6.06. The van der Waals surface area contributed by atoms with E-state index < -0.39 is 17.7 Å². The first-order chi connectivity index (χ1) is 14.1. The minimum Gasteiger partial charge on any atom is -0.416 e. The van der Waals surface area contributed by atoms with Gasteiger partial charge in [0.2, 0.25) is 11.8 Å². The first-order valence-corrected chi connectivity index (χ1v) is 8.61. The molecule has 2 N–H and O–H groups in total. The lowest BCUT2D eigenvalue weighted by molar-refractivity contribution is 0.262. The summed E-state index contributed by atoms with van der Waals surface area (Å²) in [6.07, 6.45) is 0. The van der Waals surface area contributed by atoms with Crippen molar-refractivity contribution in [3.63, 3.8) is 0 Å². The fraction of sp³-hybridized carbons (Fsp3) is 0. The zero-order valence-electron chi connectivity index (χ0n) is 14.9. The highest BCUT2D eigenvalue weighted by molar-refractivity contribution is 5.99. The van der Waals surface area contributed by atoms with Crippen LogP contribution in [0.1, 0.15) is 0 Å². The Kier molecular flexibility index (Phi) is 4.98. The fourth-order valence-electron chi connectivity index (χ4n) is 2.61. The van der Waals surface area contributed by atoms with Gasteiger partial charge in [-0.15, -0.1) is 10.2 Å². The second-order valence-corrected chi connectivity index (χ2v) is 6.06. The van der Waals surface area contributed by atoms with Gasteiger partial charge in [0.1, 0.15) is 11.6 Å². The molecule has 0 saturated carbocycles. The lowest BCUT2D eigenvalue weighted by Crippen LogP contribution is -2.20. The Labute approximate surface area is 164 Å². The molecule has 0 spiro atoms. The molecule has 0 unspecified atom stereocenters. The van der Waals surface area contributed by atoms with E-state index in [1.54, 1.807) is 24.3 Å². The molecule has 4 aromatic rings. The zero-order chi connectivity index (χ0) is 20.2. The molecule has 0 aliphatic heterocycles. The first kappa shape index (κ1) is 18.3. The molecule has 1 heterocycles. The topological polar surface area (TPSA) is 80.1 Å². The summed E-state index contributed by atoms with van der Waals surface area (Å²) in [7, 11) is 0. The van der Waals surface area contributed by atoms with E-state index in [4.69, 9.17) is 4.42 Å². The van der Waals surface area contributed by atoms with Gasteiger partial charge in [0.05, 0.1) is 5.69 Å². The third-order valence-corrected chi connectivity index (χ3v) is 4.01. The smallest absolute Gasteiger partial charge is 0.323 e. The monoisotopic (exact) mass is 392 g/mol. The minimum atomic E-state index is -0.734. The molecule has 0 fully saturated rings. The number of benzene rings is 3. The molecule has 0 bridgehead atoms. The van der Waals surface area contributed by atoms with Gasteiger partial charge in [-0.25, -0.2) is 13.6 Å². The van der Waals surface area contributed by atoms with Crippen molar-refractivity contribution in [2.24, 2.45) is 0 Å². The molecule has 0 aliphatic carbocycles. The molecule has 8 heteroatoms. The van der Waals surface area contributed by atoms with E-state index in [0.29, 0.717) is 23.0 Å². The lowest BCUT2D eigenvalue weighted by Gasteiger charge is -2.08. The van der Waals surface area contributed by atoms with Crippen molar-refractivity contribution < 1.29 is 18.0 Å². The van der Waals surface area contributed by atoms with Crippen molar-refractivity contribution in [3.05, 3.63) is 84.4 Å². The van der Waals surface area contributed by atoms with Crippen LogP contribution in [0, 0.1) is 11.6 Å². The Balaban J connectivity index is 1.44. The number of carbonyl (C=O) groups is 1. The SMILES string of the molecule is O=C(Nc1ccc(-c2nnc(-c3ccccc3)o2)cc1)Nc1cc(F)ccc1F. The van der Waals surface area contributed by atoms with Crippen LogP contribution in [0.3, 0.4) is 0 Å². The summed E-state index contributed by atoms with van der Waals surface area (Å²) in [6, 6.07) is 18.1. The van der Waals surface area contributed by atoms with Gasteiger partial charge in [-0.3, -0.25) is 0 Å². The third kappa shape index (κ3) is 4.27. The molecule has 4 rings (SSSR count). The van der Waals surface area contributed by atoms with Gasteiger partial charge in [0.15, 0.2) is 0 Å². The minimum absolute atomic E-state index is 0.251. The van der Waals surface area contributed by atoms with Gasteiger partial charge in [-0.2, -0.15) is 0 Å². The van der Waals surface area contributed by atoms with Gasteiger partial charge in [-0.05, 0) is 48.5 Å². The molecular weight excluding hydrogens is 378 g/mol. The summed E-state index contributed by atoms with van der Waals surface area (Å²) in [4.78, 5) is 12.0. The number of hydrogen-bond donors (Lipinski definition) is 2.